The standard InChI is InChI=1S/C19H32N2O2/c1-7-21(15(2)3)13-12-20-18(22)14-23-17-11-9-8-10-16(17)19(4,5)6/h8-11,15H,7,12-14H2,1-6H3,(H,20,22). The Labute approximate surface area is 141 Å². The third-order valence-electron chi connectivity index (χ3n) is 3.91. The molecule has 1 rings (SSSR count). The van der Waals surface area contributed by atoms with Gasteiger partial charge in [0.2, 0.25) is 0 Å². The number of para-hydroxylation sites is 1. The second kappa shape index (κ2) is 8.92. The number of carbonyl (C=O) groups is 1. The lowest BCUT2D eigenvalue weighted by Crippen LogP contribution is -2.39. The Balaban J connectivity index is 2.46. The fraction of sp³-hybridized carbons (Fsp3) is 0.632. The predicted octanol–water partition coefficient (Wildman–Crippen LogP) is 3.21. The van der Waals surface area contributed by atoms with Crippen molar-refractivity contribution in [2.45, 2.75) is 53.0 Å². The molecule has 1 amide bonds. The van der Waals surface area contributed by atoms with Crippen LogP contribution in [0.25, 0.3) is 0 Å². The van der Waals surface area contributed by atoms with Crippen molar-refractivity contribution >= 4 is 5.91 Å². The molecular formula is C19H32N2O2. The molecule has 0 aromatic heterocycles. The van der Waals surface area contributed by atoms with Gasteiger partial charge in [-0.1, -0.05) is 45.9 Å². The van der Waals surface area contributed by atoms with Crippen LogP contribution in [0.5, 0.6) is 5.75 Å². The number of carbonyl (C=O) groups excluding carboxylic acids is 1. The first-order valence-electron chi connectivity index (χ1n) is 8.48. The van der Waals surface area contributed by atoms with Crippen LogP contribution in [0.1, 0.15) is 47.1 Å². The fourth-order valence-electron chi connectivity index (χ4n) is 2.53. The van der Waals surface area contributed by atoms with Crippen LogP contribution in [0.3, 0.4) is 0 Å². The number of likely N-dealkylation sites (N-methyl/N-ethyl adjacent to an activating group) is 1. The highest BCUT2D eigenvalue weighted by molar-refractivity contribution is 5.77. The third-order valence-corrected chi connectivity index (χ3v) is 3.91. The summed E-state index contributed by atoms with van der Waals surface area (Å²) >= 11 is 0. The summed E-state index contributed by atoms with van der Waals surface area (Å²) in [5, 5.41) is 2.93. The molecule has 1 N–H and O–H groups in total. The average molecular weight is 320 g/mol. The van der Waals surface area contributed by atoms with E-state index in [1.165, 1.54) is 0 Å². The number of hydrogen-bond acceptors (Lipinski definition) is 3. The first-order valence-corrected chi connectivity index (χ1v) is 8.48. The molecule has 0 saturated heterocycles. The lowest BCUT2D eigenvalue weighted by atomic mass is 9.86. The van der Waals surface area contributed by atoms with Crippen LogP contribution in [0, 0.1) is 0 Å². The van der Waals surface area contributed by atoms with Crippen LogP contribution >= 0.6 is 0 Å². The zero-order valence-corrected chi connectivity index (χ0v) is 15.5. The number of hydrogen-bond donors (Lipinski definition) is 1. The molecule has 1 aromatic rings. The molecule has 0 bridgehead atoms. The quantitative estimate of drug-likeness (QED) is 0.800. The largest absolute Gasteiger partial charge is 0.483 e. The van der Waals surface area contributed by atoms with Crippen molar-refractivity contribution in [2.24, 2.45) is 0 Å². The Morgan fingerprint density at radius 3 is 2.48 bits per heavy atom. The molecule has 0 spiro atoms. The van der Waals surface area contributed by atoms with Crippen LogP contribution in [-0.4, -0.2) is 43.1 Å². The summed E-state index contributed by atoms with van der Waals surface area (Å²) in [7, 11) is 0. The maximum atomic E-state index is 12.0. The van der Waals surface area contributed by atoms with Gasteiger partial charge in [0.25, 0.3) is 5.91 Å². The van der Waals surface area contributed by atoms with Gasteiger partial charge >= 0.3 is 0 Å². The summed E-state index contributed by atoms with van der Waals surface area (Å²) in [6.45, 7) is 15.4. The molecule has 1 aromatic carbocycles. The van der Waals surface area contributed by atoms with E-state index in [4.69, 9.17) is 4.74 Å². The van der Waals surface area contributed by atoms with Crippen LogP contribution in [0.4, 0.5) is 0 Å². The Morgan fingerprint density at radius 1 is 1.26 bits per heavy atom. The van der Waals surface area contributed by atoms with Gasteiger partial charge in [-0.3, -0.25) is 9.69 Å². The minimum absolute atomic E-state index is 0.00798. The number of nitrogens with zero attached hydrogens (tertiary/aromatic N) is 1. The molecule has 0 unspecified atom stereocenters. The normalized spacial score (nSPS) is 11.8. The molecule has 0 aliphatic carbocycles. The first-order chi connectivity index (χ1) is 10.8. The van der Waals surface area contributed by atoms with Gasteiger partial charge in [0.05, 0.1) is 0 Å². The number of ether oxygens (including phenoxy) is 1. The molecule has 0 atom stereocenters. The van der Waals surface area contributed by atoms with Crippen LogP contribution in [0.15, 0.2) is 24.3 Å². The lowest BCUT2D eigenvalue weighted by molar-refractivity contribution is -0.123. The number of nitrogens with one attached hydrogen (secondary N) is 1. The van der Waals surface area contributed by atoms with Crippen LogP contribution < -0.4 is 10.1 Å². The van der Waals surface area contributed by atoms with Crippen molar-refractivity contribution in [1.29, 1.82) is 0 Å². The Morgan fingerprint density at radius 2 is 1.91 bits per heavy atom. The molecule has 0 aliphatic rings. The fourth-order valence-corrected chi connectivity index (χ4v) is 2.53. The van der Waals surface area contributed by atoms with Crippen LogP contribution in [-0.2, 0) is 10.2 Å². The highest BCUT2D eigenvalue weighted by Gasteiger charge is 2.18. The van der Waals surface area contributed by atoms with Crippen molar-refractivity contribution in [3.63, 3.8) is 0 Å². The van der Waals surface area contributed by atoms with Crippen molar-refractivity contribution in [2.75, 3.05) is 26.2 Å². The number of rotatable bonds is 8. The average Bonchev–Trinajstić information content (AvgIpc) is 2.48. The number of benzene rings is 1. The Kier molecular flexibility index (Phi) is 7.56. The van der Waals surface area contributed by atoms with Gasteiger partial charge < -0.3 is 10.1 Å². The van der Waals surface area contributed by atoms with E-state index in [0.717, 1.165) is 24.4 Å². The minimum atomic E-state index is -0.0754. The second-order valence-electron chi connectivity index (χ2n) is 7.11. The van der Waals surface area contributed by atoms with Gasteiger partial charge in [-0.05, 0) is 37.4 Å². The maximum absolute atomic E-state index is 12.0. The molecule has 130 valence electrons. The monoisotopic (exact) mass is 320 g/mol. The summed E-state index contributed by atoms with van der Waals surface area (Å²) < 4.78 is 5.73. The molecule has 4 heteroatoms. The lowest BCUT2D eigenvalue weighted by Gasteiger charge is -2.25. The van der Waals surface area contributed by atoms with E-state index in [1.54, 1.807) is 0 Å². The molecule has 0 aliphatic heterocycles. The molecule has 23 heavy (non-hydrogen) atoms. The smallest absolute Gasteiger partial charge is 0.257 e. The van der Waals surface area contributed by atoms with Gasteiger partial charge in [-0.25, -0.2) is 0 Å². The van der Waals surface area contributed by atoms with Crippen molar-refractivity contribution < 1.29 is 9.53 Å². The van der Waals surface area contributed by atoms with E-state index in [-0.39, 0.29) is 17.9 Å². The summed E-state index contributed by atoms with van der Waals surface area (Å²) in [6.07, 6.45) is 0. The highest BCUT2D eigenvalue weighted by atomic mass is 16.5. The molecule has 4 nitrogen and oxygen atoms in total. The van der Waals surface area contributed by atoms with Gasteiger partial charge in [0.1, 0.15) is 5.75 Å². The van der Waals surface area contributed by atoms with Gasteiger partial charge in [0.15, 0.2) is 6.61 Å². The second-order valence-corrected chi connectivity index (χ2v) is 7.11. The Bertz CT molecular complexity index is 492. The first kappa shape index (κ1) is 19.5. The highest BCUT2D eigenvalue weighted by Crippen LogP contribution is 2.30. The van der Waals surface area contributed by atoms with Gasteiger partial charge in [0, 0.05) is 19.1 Å². The molecular weight excluding hydrogens is 288 g/mol. The van der Waals surface area contributed by atoms with Crippen molar-refractivity contribution in [3.05, 3.63) is 29.8 Å². The third kappa shape index (κ3) is 6.61. The van der Waals surface area contributed by atoms with E-state index >= 15 is 0 Å². The minimum Gasteiger partial charge on any atom is -0.483 e. The summed E-state index contributed by atoms with van der Waals surface area (Å²) in [6, 6.07) is 8.40. The molecule has 0 radical (unpaired) electrons. The molecule has 0 fully saturated rings. The summed E-state index contributed by atoms with van der Waals surface area (Å²) in [5.74, 6) is 0.709. The summed E-state index contributed by atoms with van der Waals surface area (Å²) in [5.41, 5.74) is 1.11. The Hall–Kier alpha value is -1.55. The van der Waals surface area contributed by atoms with E-state index in [2.05, 4.69) is 57.8 Å². The predicted molar refractivity (Wildman–Crippen MR) is 96.0 cm³/mol. The van der Waals surface area contributed by atoms with E-state index in [9.17, 15) is 4.79 Å². The topological polar surface area (TPSA) is 41.6 Å². The zero-order valence-electron chi connectivity index (χ0n) is 15.5. The van der Waals surface area contributed by atoms with Crippen LogP contribution in [0.2, 0.25) is 0 Å². The maximum Gasteiger partial charge on any atom is 0.257 e. The van der Waals surface area contributed by atoms with E-state index < -0.39 is 0 Å². The van der Waals surface area contributed by atoms with Crippen molar-refractivity contribution in [1.82, 2.24) is 10.2 Å². The van der Waals surface area contributed by atoms with E-state index in [0.29, 0.717) is 12.6 Å². The molecule has 0 saturated carbocycles. The molecule has 0 heterocycles. The SMILES string of the molecule is CCN(CCNC(=O)COc1ccccc1C(C)(C)C)C(C)C. The summed E-state index contributed by atoms with van der Waals surface area (Å²) in [4.78, 5) is 14.3. The van der Waals surface area contributed by atoms with Gasteiger partial charge in [-0.2, -0.15) is 0 Å². The number of amides is 1. The van der Waals surface area contributed by atoms with Crippen molar-refractivity contribution in [3.8, 4) is 5.75 Å². The van der Waals surface area contributed by atoms with E-state index in [1.807, 2.05) is 18.2 Å². The van der Waals surface area contributed by atoms with Gasteiger partial charge in [-0.15, -0.1) is 0 Å². The zero-order chi connectivity index (χ0) is 17.5.